The molecule has 48 heavy (non-hydrogen) atoms. The van der Waals surface area contributed by atoms with E-state index in [1.165, 1.54) is 17.8 Å². The largest absolute Gasteiger partial charge is 0.493 e. The van der Waals surface area contributed by atoms with Gasteiger partial charge in [0.2, 0.25) is 5.91 Å². The Morgan fingerprint density at radius 1 is 0.938 bits per heavy atom. The van der Waals surface area contributed by atoms with Gasteiger partial charge in [0, 0.05) is 30.3 Å². The molecule has 0 spiro atoms. The first kappa shape index (κ1) is 33.5. The van der Waals surface area contributed by atoms with Crippen LogP contribution in [0.3, 0.4) is 0 Å². The van der Waals surface area contributed by atoms with Crippen LogP contribution in [0.4, 0.5) is 15.6 Å². The van der Waals surface area contributed by atoms with Gasteiger partial charge in [0.15, 0.2) is 5.13 Å². The molecule has 0 radical (unpaired) electrons. The molecule has 3 heterocycles. The number of ether oxygens (including phenoxy) is 2. The van der Waals surface area contributed by atoms with Gasteiger partial charge < -0.3 is 20.5 Å². The maximum Gasteiger partial charge on any atom is 0.411 e. The lowest BCUT2D eigenvalue weighted by Crippen LogP contribution is -2.24. The highest BCUT2D eigenvalue weighted by Gasteiger charge is 2.19. The SMILES string of the molecule is Cc1ncc(-c2ccc3nc(NC(=O)CCCCOc4cc(-c5scnc5C)ccc4CN)sc3c2)cc1NC(=O)OC1CCCCC1. The van der Waals surface area contributed by atoms with E-state index in [4.69, 9.17) is 15.2 Å². The Morgan fingerprint density at radius 3 is 2.56 bits per heavy atom. The maximum atomic E-state index is 12.7. The molecule has 2 aromatic carbocycles. The zero-order valence-electron chi connectivity index (χ0n) is 27.2. The molecule has 4 N–H and O–H groups in total. The molecular weight excluding hydrogens is 645 g/mol. The van der Waals surface area contributed by atoms with Crippen LogP contribution in [-0.2, 0) is 16.1 Å². The summed E-state index contributed by atoms with van der Waals surface area (Å²) in [5.74, 6) is 0.685. The van der Waals surface area contributed by atoms with Crippen LogP contribution in [0.2, 0.25) is 0 Å². The van der Waals surface area contributed by atoms with Crippen molar-refractivity contribution in [3.05, 3.63) is 71.1 Å². The summed E-state index contributed by atoms with van der Waals surface area (Å²) in [5, 5.41) is 6.39. The number of amides is 2. The van der Waals surface area contributed by atoms with Crippen LogP contribution in [-0.4, -0.2) is 39.7 Å². The summed E-state index contributed by atoms with van der Waals surface area (Å²) in [6, 6.07) is 13.9. The minimum absolute atomic E-state index is 0.0226. The lowest BCUT2D eigenvalue weighted by Gasteiger charge is -2.22. The summed E-state index contributed by atoms with van der Waals surface area (Å²) >= 11 is 3.03. The molecule has 1 saturated carbocycles. The molecule has 0 atom stereocenters. The Balaban J connectivity index is 1.00. The number of rotatable bonds is 12. The van der Waals surface area contributed by atoms with E-state index in [1.54, 1.807) is 17.5 Å². The number of aromatic nitrogens is 3. The van der Waals surface area contributed by atoms with Gasteiger partial charge in [0.25, 0.3) is 0 Å². The number of nitrogens with two attached hydrogens (primary N) is 1. The molecule has 3 aromatic heterocycles. The molecule has 250 valence electrons. The fourth-order valence-electron chi connectivity index (χ4n) is 5.78. The Hall–Kier alpha value is -4.39. The van der Waals surface area contributed by atoms with Crippen LogP contribution in [0, 0.1) is 13.8 Å². The van der Waals surface area contributed by atoms with Crippen LogP contribution in [0.25, 0.3) is 31.8 Å². The Morgan fingerprint density at radius 2 is 1.77 bits per heavy atom. The Kier molecular flexibility index (Phi) is 10.9. The summed E-state index contributed by atoms with van der Waals surface area (Å²) < 4.78 is 12.7. The molecule has 2 amide bonds. The van der Waals surface area contributed by atoms with Crippen LogP contribution in [0.1, 0.15) is 68.3 Å². The van der Waals surface area contributed by atoms with Crippen molar-refractivity contribution in [2.75, 3.05) is 17.2 Å². The average Bonchev–Trinajstić information content (AvgIpc) is 3.70. The van der Waals surface area contributed by atoms with Gasteiger partial charge in [-0.3, -0.25) is 15.1 Å². The third-order valence-electron chi connectivity index (χ3n) is 8.47. The normalized spacial score (nSPS) is 13.4. The molecule has 0 unspecified atom stereocenters. The fraction of sp³-hybridized carbons (Fsp3) is 0.361. The molecule has 0 bridgehead atoms. The van der Waals surface area contributed by atoms with Crippen molar-refractivity contribution in [2.45, 2.75) is 77.9 Å². The van der Waals surface area contributed by atoms with Gasteiger partial charge in [-0.15, -0.1) is 11.3 Å². The molecule has 0 aliphatic heterocycles. The summed E-state index contributed by atoms with van der Waals surface area (Å²) in [7, 11) is 0. The quantitative estimate of drug-likeness (QED) is 0.111. The van der Waals surface area contributed by atoms with E-state index in [2.05, 4.69) is 31.7 Å². The van der Waals surface area contributed by atoms with Crippen LogP contribution >= 0.6 is 22.7 Å². The number of carbonyl (C=O) groups excluding carboxylic acids is 2. The Bertz CT molecular complexity index is 1900. The van der Waals surface area contributed by atoms with E-state index in [0.29, 0.717) is 42.5 Å². The highest BCUT2D eigenvalue weighted by atomic mass is 32.1. The monoisotopic (exact) mass is 684 g/mol. The van der Waals surface area contributed by atoms with Crippen molar-refractivity contribution in [3.8, 4) is 27.3 Å². The number of fused-ring (bicyclic) bond motifs is 1. The van der Waals surface area contributed by atoms with Crippen molar-refractivity contribution >= 4 is 55.7 Å². The van der Waals surface area contributed by atoms with Crippen molar-refractivity contribution in [1.29, 1.82) is 0 Å². The van der Waals surface area contributed by atoms with E-state index in [9.17, 15) is 9.59 Å². The van der Waals surface area contributed by atoms with Gasteiger partial charge in [-0.25, -0.2) is 14.8 Å². The number of carbonyl (C=O) groups is 2. The van der Waals surface area contributed by atoms with E-state index in [1.807, 2.05) is 55.8 Å². The molecule has 12 heteroatoms. The number of pyridine rings is 1. The first-order valence-corrected chi connectivity index (χ1v) is 18.1. The number of thiazole rings is 2. The van der Waals surface area contributed by atoms with Gasteiger partial charge in [-0.1, -0.05) is 36.0 Å². The van der Waals surface area contributed by atoms with E-state index < -0.39 is 6.09 Å². The second-order valence-electron chi connectivity index (χ2n) is 12.0. The van der Waals surface area contributed by atoms with Crippen molar-refractivity contribution in [2.24, 2.45) is 5.73 Å². The van der Waals surface area contributed by atoms with Crippen molar-refractivity contribution in [1.82, 2.24) is 15.0 Å². The number of anilines is 2. The molecule has 5 aromatic rings. The predicted molar refractivity (Wildman–Crippen MR) is 193 cm³/mol. The van der Waals surface area contributed by atoms with Gasteiger partial charge >= 0.3 is 6.09 Å². The van der Waals surface area contributed by atoms with Crippen molar-refractivity contribution < 1.29 is 19.1 Å². The second kappa shape index (κ2) is 15.7. The zero-order valence-corrected chi connectivity index (χ0v) is 28.8. The molecule has 1 fully saturated rings. The highest BCUT2D eigenvalue weighted by molar-refractivity contribution is 7.22. The number of nitrogens with zero attached hydrogens (tertiary/aromatic N) is 3. The standard InChI is InChI=1S/C36H40N6O4S2/c1-22-30(41-36(44)46-28-8-4-3-5-9-28)16-27(20-38-22)24-13-14-29-32(18-24)48-35(40-29)42-33(43)10-6-7-15-45-31-17-25(11-12-26(31)19-37)34-23(2)39-21-47-34/h11-14,16-18,20-21,28H,3-10,15,19,37H2,1-2H3,(H,41,44)(H,40,42,43). The van der Waals surface area contributed by atoms with Gasteiger partial charge in [-0.2, -0.15) is 0 Å². The van der Waals surface area contributed by atoms with Crippen LogP contribution in [0.15, 0.2) is 54.2 Å². The summed E-state index contributed by atoms with van der Waals surface area (Å²) in [6.07, 6.45) is 8.31. The predicted octanol–water partition coefficient (Wildman–Crippen LogP) is 8.63. The number of nitrogens with one attached hydrogen (secondary N) is 2. The average molecular weight is 685 g/mol. The van der Waals surface area contributed by atoms with E-state index >= 15 is 0 Å². The molecule has 1 aliphatic carbocycles. The zero-order chi connectivity index (χ0) is 33.5. The fourth-order valence-corrected chi connectivity index (χ4v) is 7.50. The summed E-state index contributed by atoms with van der Waals surface area (Å²) in [5.41, 5.74) is 14.7. The minimum atomic E-state index is -0.442. The lowest BCUT2D eigenvalue weighted by atomic mass is 9.98. The topological polar surface area (TPSA) is 141 Å². The summed E-state index contributed by atoms with van der Waals surface area (Å²) in [6.45, 7) is 4.73. The number of unbranched alkanes of at least 4 members (excludes halogenated alkanes) is 1. The lowest BCUT2D eigenvalue weighted by molar-refractivity contribution is -0.116. The van der Waals surface area contributed by atoms with Gasteiger partial charge in [0.05, 0.1) is 44.3 Å². The number of aryl methyl sites for hydroxylation is 2. The van der Waals surface area contributed by atoms with Crippen molar-refractivity contribution in [3.63, 3.8) is 0 Å². The minimum Gasteiger partial charge on any atom is -0.493 e. The smallest absolute Gasteiger partial charge is 0.411 e. The maximum absolute atomic E-state index is 12.7. The first-order chi connectivity index (χ1) is 23.4. The molecule has 6 rings (SSSR count). The van der Waals surface area contributed by atoms with Gasteiger partial charge in [-0.05, 0) is 87.8 Å². The summed E-state index contributed by atoms with van der Waals surface area (Å²) in [4.78, 5) is 39.9. The third-order valence-corrected chi connectivity index (χ3v) is 10.4. The number of hydrogen-bond donors (Lipinski definition) is 3. The second-order valence-corrected chi connectivity index (χ2v) is 13.9. The third kappa shape index (κ3) is 8.36. The molecule has 0 saturated heterocycles. The van der Waals surface area contributed by atoms with Crippen LogP contribution in [0.5, 0.6) is 5.75 Å². The molecular formula is C36H40N6O4S2. The highest BCUT2D eigenvalue weighted by Crippen LogP contribution is 2.33. The Labute approximate surface area is 288 Å². The molecule has 10 nitrogen and oxygen atoms in total. The van der Waals surface area contributed by atoms with Crippen LogP contribution < -0.4 is 21.1 Å². The number of benzene rings is 2. The molecule has 1 aliphatic rings. The first-order valence-electron chi connectivity index (χ1n) is 16.4. The number of hydrogen-bond acceptors (Lipinski definition) is 10. The van der Waals surface area contributed by atoms with E-state index in [-0.39, 0.29) is 12.0 Å². The van der Waals surface area contributed by atoms with E-state index in [0.717, 1.165) is 80.9 Å². The van der Waals surface area contributed by atoms with Gasteiger partial charge in [0.1, 0.15) is 11.9 Å².